The number of nitrogens with zero attached hydrogens (tertiary/aromatic N) is 1. The van der Waals surface area contributed by atoms with E-state index in [2.05, 4.69) is 10.3 Å². The van der Waals surface area contributed by atoms with Crippen molar-refractivity contribution in [1.29, 1.82) is 0 Å². The fourth-order valence-electron chi connectivity index (χ4n) is 1.86. The molecule has 0 spiro atoms. The van der Waals surface area contributed by atoms with Gasteiger partial charge in [0.2, 0.25) is 0 Å². The SMILES string of the molecule is CCOC(=O)Cc1csc(NC2CC(OC)C2)n1. The second-order valence-corrected chi connectivity index (χ2v) is 5.15. The van der Waals surface area contributed by atoms with E-state index in [1.54, 1.807) is 14.0 Å². The summed E-state index contributed by atoms with van der Waals surface area (Å²) in [5, 5.41) is 6.11. The minimum Gasteiger partial charge on any atom is -0.466 e. The zero-order valence-electron chi connectivity index (χ0n) is 10.6. The molecule has 1 fully saturated rings. The molecule has 1 aromatic heterocycles. The van der Waals surface area contributed by atoms with Crippen molar-refractivity contribution in [1.82, 2.24) is 4.98 Å². The number of hydrogen-bond donors (Lipinski definition) is 1. The fraction of sp³-hybridized carbons (Fsp3) is 0.667. The molecule has 1 N–H and O–H groups in total. The van der Waals surface area contributed by atoms with Gasteiger partial charge in [-0.2, -0.15) is 0 Å². The second-order valence-electron chi connectivity index (χ2n) is 4.30. The Hall–Kier alpha value is -1.14. The molecule has 0 amide bonds. The number of rotatable bonds is 6. The highest BCUT2D eigenvalue weighted by Crippen LogP contribution is 2.27. The van der Waals surface area contributed by atoms with Crippen LogP contribution in [-0.4, -0.2) is 36.8 Å². The molecule has 1 aliphatic carbocycles. The van der Waals surface area contributed by atoms with Gasteiger partial charge in [0.15, 0.2) is 5.13 Å². The molecule has 0 aliphatic heterocycles. The molecule has 100 valence electrons. The summed E-state index contributed by atoms with van der Waals surface area (Å²) in [6.45, 7) is 2.21. The van der Waals surface area contributed by atoms with E-state index >= 15 is 0 Å². The monoisotopic (exact) mass is 270 g/mol. The van der Waals surface area contributed by atoms with Gasteiger partial charge < -0.3 is 14.8 Å². The van der Waals surface area contributed by atoms with Crippen LogP contribution in [0.5, 0.6) is 0 Å². The van der Waals surface area contributed by atoms with Crippen molar-refractivity contribution < 1.29 is 14.3 Å². The molecule has 5 nitrogen and oxygen atoms in total. The molecular weight excluding hydrogens is 252 g/mol. The Morgan fingerprint density at radius 2 is 2.39 bits per heavy atom. The predicted molar refractivity (Wildman–Crippen MR) is 69.9 cm³/mol. The highest BCUT2D eigenvalue weighted by atomic mass is 32.1. The van der Waals surface area contributed by atoms with Gasteiger partial charge in [-0.3, -0.25) is 4.79 Å². The van der Waals surface area contributed by atoms with Crippen LogP contribution < -0.4 is 5.32 Å². The minimum atomic E-state index is -0.225. The van der Waals surface area contributed by atoms with Crippen LogP contribution in [0, 0.1) is 0 Å². The van der Waals surface area contributed by atoms with E-state index in [-0.39, 0.29) is 12.4 Å². The van der Waals surface area contributed by atoms with Gasteiger partial charge in [0, 0.05) is 18.5 Å². The van der Waals surface area contributed by atoms with Gasteiger partial charge in [0.25, 0.3) is 0 Å². The number of nitrogens with one attached hydrogen (secondary N) is 1. The molecule has 0 aromatic carbocycles. The molecule has 2 rings (SSSR count). The maximum absolute atomic E-state index is 11.3. The molecule has 6 heteroatoms. The van der Waals surface area contributed by atoms with Gasteiger partial charge in [-0.15, -0.1) is 11.3 Å². The van der Waals surface area contributed by atoms with Crippen molar-refractivity contribution in [3.05, 3.63) is 11.1 Å². The first kappa shape index (κ1) is 13.3. The number of esters is 1. The highest BCUT2D eigenvalue weighted by Gasteiger charge is 2.29. The smallest absolute Gasteiger partial charge is 0.311 e. The van der Waals surface area contributed by atoms with Gasteiger partial charge in [-0.1, -0.05) is 0 Å². The summed E-state index contributed by atoms with van der Waals surface area (Å²) in [5.41, 5.74) is 0.767. The van der Waals surface area contributed by atoms with E-state index in [1.807, 2.05) is 5.38 Å². The lowest BCUT2D eigenvalue weighted by atomic mass is 9.89. The van der Waals surface area contributed by atoms with E-state index in [0.29, 0.717) is 18.8 Å². The van der Waals surface area contributed by atoms with E-state index in [4.69, 9.17) is 9.47 Å². The highest BCUT2D eigenvalue weighted by molar-refractivity contribution is 7.13. The lowest BCUT2D eigenvalue weighted by Crippen LogP contribution is -2.40. The zero-order valence-corrected chi connectivity index (χ0v) is 11.5. The number of anilines is 1. The number of thiazole rings is 1. The van der Waals surface area contributed by atoms with Gasteiger partial charge in [-0.05, 0) is 19.8 Å². The number of carbonyl (C=O) groups is 1. The van der Waals surface area contributed by atoms with Gasteiger partial charge in [0.05, 0.1) is 24.8 Å². The second kappa shape index (κ2) is 6.15. The van der Waals surface area contributed by atoms with E-state index in [0.717, 1.165) is 23.7 Å². The molecule has 18 heavy (non-hydrogen) atoms. The lowest BCUT2D eigenvalue weighted by Gasteiger charge is -2.34. The number of ether oxygens (including phenoxy) is 2. The standard InChI is InChI=1S/C12H18N2O3S/c1-3-17-11(15)6-9-7-18-12(14-9)13-8-4-10(5-8)16-2/h7-8,10H,3-6H2,1-2H3,(H,13,14). The molecule has 0 atom stereocenters. The summed E-state index contributed by atoms with van der Waals surface area (Å²) >= 11 is 1.53. The summed E-state index contributed by atoms with van der Waals surface area (Å²) in [4.78, 5) is 15.7. The summed E-state index contributed by atoms with van der Waals surface area (Å²) in [7, 11) is 1.74. The van der Waals surface area contributed by atoms with Crippen molar-refractivity contribution in [2.45, 2.75) is 38.3 Å². The Bertz CT molecular complexity index is 402. The molecule has 0 bridgehead atoms. The topological polar surface area (TPSA) is 60.5 Å². The quantitative estimate of drug-likeness (QED) is 0.799. The van der Waals surface area contributed by atoms with Crippen LogP contribution in [0.4, 0.5) is 5.13 Å². The Morgan fingerprint density at radius 3 is 3.06 bits per heavy atom. The first-order valence-corrected chi connectivity index (χ1v) is 6.98. The Morgan fingerprint density at radius 1 is 1.61 bits per heavy atom. The van der Waals surface area contributed by atoms with Gasteiger partial charge in [-0.25, -0.2) is 4.98 Å². The summed E-state index contributed by atoms with van der Waals surface area (Å²) in [6, 6.07) is 0.441. The third-order valence-electron chi connectivity index (χ3n) is 2.94. The third-order valence-corrected chi connectivity index (χ3v) is 3.76. The molecule has 0 radical (unpaired) electrons. The molecule has 1 saturated carbocycles. The third kappa shape index (κ3) is 3.43. The first-order chi connectivity index (χ1) is 8.71. The van der Waals surface area contributed by atoms with Gasteiger partial charge in [0.1, 0.15) is 0 Å². The Kier molecular flexibility index (Phi) is 4.54. The zero-order chi connectivity index (χ0) is 13.0. The lowest BCUT2D eigenvalue weighted by molar-refractivity contribution is -0.142. The van der Waals surface area contributed by atoms with Crippen LogP contribution in [0.1, 0.15) is 25.5 Å². The van der Waals surface area contributed by atoms with Crippen LogP contribution >= 0.6 is 11.3 Å². The number of hydrogen-bond acceptors (Lipinski definition) is 6. The minimum absolute atomic E-state index is 0.225. The predicted octanol–water partition coefficient (Wildman–Crippen LogP) is 1.84. The van der Waals surface area contributed by atoms with Crippen LogP contribution in [0.25, 0.3) is 0 Å². The van der Waals surface area contributed by atoms with Crippen molar-refractivity contribution in [3.63, 3.8) is 0 Å². The molecular formula is C12H18N2O3S. The number of aromatic nitrogens is 1. The molecule has 1 aromatic rings. The van der Waals surface area contributed by atoms with Gasteiger partial charge >= 0.3 is 5.97 Å². The normalized spacial score (nSPS) is 22.3. The molecule has 0 saturated heterocycles. The molecule has 1 heterocycles. The average molecular weight is 270 g/mol. The van der Waals surface area contributed by atoms with Crippen molar-refractivity contribution in [2.24, 2.45) is 0 Å². The van der Waals surface area contributed by atoms with Crippen LogP contribution in [0.2, 0.25) is 0 Å². The molecule has 0 unspecified atom stereocenters. The maximum atomic E-state index is 11.3. The maximum Gasteiger partial charge on any atom is 0.311 e. The largest absolute Gasteiger partial charge is 0.466 e. The van der Waals surface area contributed by atoms with E-state index < -0.39 is 0 Å². The van der Waals surface area contributed by atoms with Crippen molar-refractivity contribution in [2.75, 3.05) is 19.0 Å². The van der Waals surface area contributed by atoms with E-state index in [9.17, 15) is 4.79 Å². The number of methoxy groups -OCH3 is 1. The van der Waals surface area contributed by atoms with Crippen LogP contribution in [0.15, 0.2) is 5.38 Å². The van der Waals surface area contributed by atoms with Crippen molar-refractivity contribution >= 4 is 22.4 Å². The summed E-state index contributed by atoms with van der Waals surface area (Å²) in [6.07, 6.45) is 2.66. The summed E-state index contributed by atoms with van der Waals surface area (Å²) in [5.74, 6) is -0.225. The van der Waals surface area contributed by atoms with E-state index in [1.165, 1.54) is 11.3 Å². The average Bonchev–Trinajstić information content (AvgIpc) is 2.70. The summed E-state index contributed by atoms with van der Waals surface area (Å²) < 4.78 is 10.1. The Labute approximate surface area is 111 Å². The fourth-order valence-corrected chi connectivity index (χ4v) is 2.65. The van der Waals surface area contributed by atoms with Crippen molar-refractivity contribution in [3.8, 4) is 0 Å². The van der Waals surface area contributed by atoms with Crippen LogP contribution in [0.3, 0.4) is 0 Å². The number of carbonyl (C=O) groups excluding carboxylic acids is 1. The first-order valence-electron chi connectivity index (χ1n) is 6.10. The molecule has 1 aliphatic rings. The Balaban J connectivity index is 1.78. The van der Waals surface area contributed by atoms with Crippen LogP contribution in [-0.2, 0) is 20.7 Å².